The van der Waals surface area contributed by atoms with Crippen molar-refractivity contribution >= 4 is 0 Å². The second-order valence-electron chi connectivity index (χ2n) is 4.26. The van der Waals surface area contributed by atoms with Crippen molar-refractivity contribution in [2.75, 3.05) is 0 Å². The zero-order valence-corrected chi connectivity index (χ0v) is 9.95. The van der Waals surface area contributed by atoms with Crippen LogP contribution in [0.5, 0.6) is 0 Å². The van der Waals surface area contributed by atoms with Gasteiger partial charge in [-0.05, 0) is 6.42 Å². The van der Waals surface area contributed by atoms with Gasteiger partial charge in [-0.25, -0.2) is 0 Å². The summed E-state index contributed by atoms with van der Waals surface area (Å²) in [6.45, 7) is 2.24. The molecule has 0 saturated carbocycles. The third kappa shape index (κ3) is 4.47. The Kier molecular flexibility index (Phi) is 5.40. The lowest BCUT2D eigenvalue weighted by molar-refractivity contribution is 0.555. The largest absolute Gasteiger partial charge is 0.324 e. The molecule has 0 radical (unpaired) electrons. The second kappa shape index (κ2) is 6.62. The number of unbranched alkanes of at least 4 members (excludes halogenated alkanes) is 4. The van der Waals surface area contributed by atoms with Gasteiger partial charge < -0.3 is 5.73 Å². The normalized spacial score (nSPS) is 13.0. The second-order valence-corrected chi connectivity index (χ2v) is 4.26. The first kappa shape index (κ1) is 12.2. The van der Waals surface area contributed by atoms with Gasteiger partial charge in [0.15, 0.2) is 0 Å². The SMILES string of the molecule is CCCCCCCC(N)c1cnn(C)c1. The third-order valence-electron chi connectivity index (χ3n) is 2.77. The van der Waals surface area contributed by atoms with E-state index in [0.717, 1.165) is 12.0 Å². The Morgan fingerprint density at radius 3 is 2.67 bits per heavy atom. The molecule has 86 valence electrons. The van der Waals surface area contributed by atoms with Crippen LogP contribution in [-0.2, 0) is 7.05 Å². The average molecular weight is 209 g/mol. The fourth-order valence-electron chi connectivity index (χ4n) is 1.77. The average Bonchev–Trinajstić information content (AvgIpc) is 2.64. The van der Waals surface area contributed by atoms with E-state index < -0.39 is 0 Å². The highest BCUT2D eigenvalue weighted by atomic mass is 15.2. The highest BCUT2D eigenvalue weighted by molar-refractivity contribution is 5.08. The van der Waals surface area contributed by atoms with Gasteiger partial charge in [-0.3, -0.25) is 4.68 Å². The lowest BCUT2D eigenvalue weighted by atomic mass is 10.0. The molecular weight excluding hydrogens is 186 g/mol. The Hall–Kier alpha value is -0.830. The molecule has 0 spiro atoms. The first-order valence-electron chi connectivity index (χ1n) is 5.98. The van der Waals surface area contributed by atoms with E-state index in [2.05, 4.69) is 12.0 Å². The monoisotopic (exact) mass is 209 g/mol. The smallest absolute Gasteiger partial charge is 0.0537 e. The molecule has 1 heterocycles. The standard InChI is InChI=1S/C12H23N3/c1-3-4-5-6-7-8-12(13)11-9-14-15(2)10-11/h9-10,12H,3-8,13H2,1-2H3. The van der Waals surface area contributed by atoms with Gasteiger partial charge in [0.1, 0.15) is 0 Å². The van der Waals surface area contributed by atoms with Crippen molar-refractivity contribution in [3.05, 3.63) is 18.0 Å². The molecule has 3 nitrogen and oxygen atoms in total. The summed E-state index contributed by atoms with van der Waals surface area (Å²) in [5, 5.41) is 4.13. The number of rotatable bonds is 7. The molecule has 2 N–H and O–H groups in total. The van der Waals surface area contributed by atoms with Crippen molar-refractivity contribution in [2.24, 2.45) is 12.8 Å². The van der Waals surface area contributed by atoms with Gasteiger partial charge in [-0.1, -0.05) is 39.0 Å². The zero-order chi connectivity index (χ0) is 11.1. The fraction of sp³-hybridized carbons (Fsp3) is 0.750. The molecule has 0 aromatic carbocycles. The van der Waals surface area contributed by atoms with E-state index in [1.54, 1.807) is 0 Å². The highest BCUT2D eigenvalue weighted by Gasteiger charge is 2.06. The van der Waals surface area contributed by atoms with Crippen LogP contribution in [0.2, 0.25) is 0 Å². The van der Waals surface area contributed by atoms with Crippen LogP contribution in [0.25, 0.3) is 0 Å². The van der Waals surface area contributed by atoms with Crippen LogP contribution in [0.4, 0.5) is 0 Å². The lowest BCUT2D eigenvalue weighted by Gasteiger charge is -2.08. The molecule has 1 atom stereocenters. The summed E-state index contributed by atoms with van der Waals surface area (Å²) in [6, 6.07) is 0.167. The van der Waals surface area contributed by atoms with Crippen LogP contribution in [0, 0.1) is 0 Å². The van der Waals surface area contributed by atoms with Gasteiger partial charge in [0.05, 0.1) is 6.20 Å². The molecule has 0 fully saturated rings. The first-order valence-corrected chi connectivity index (χ1v) is 5.98. The van der Waals surface area contributed by atoms with E-state index in [-0.39, 0.29) is 6.04 Å². The van der Waals surface area contributed by atoms with E-state index in [1.807, 2.05) is 24.1 Å². The van der Waals surface area contributed by atoms with Crippen molar-refractivity contribution in [1.82, 2.24) is 9.78 Å². The molecule has 3 heteroatoms. The zero-order valence-electron chi connectivity index (χ0n) is 9.95. The number of nitrogens with two attached hydrogens (primary N) is 1. The maximum Gasteiger partial charge on any atom is 0.0537 e. The van der Waals surface area contributed by atoms with E-state index >= 15 is 0 Å². The molecule has 1 unspecified atom stereocenters. The summed E-state index contributed by atoms with van der Waals surface area (Å²) in [5.41, 5.74) is 7.23. The Balaban J connectivity index is 2.16. The van der Waals surface area contributed by atoms with Crippen LogP contribution < -0.4 is 5.73 Å². The van der Waals surface area contributed by atoms with Gasteiger partial charge >= 0.3 is 0 Å². The summed E-state index contributed by atoms with van der Waals surface area (Å²) in [4.78, 5) is 0. The van der Waals surface area contributed by atoms with Crippen LogP contribution >= 0.6 is 0 Å². The van der Waals surface area contributed by atoms with E-state index in [9.17, 15) is 0 Å². The van der Waals surface area contributed by atoms with E-state index in [0.29, 0.717) is 0 Å². The summed E-state index contributed by atoms with van der Waals surface area (Å²) in [5.74, 6) is 0. The molecule has 0 saturated heterocycles. The van der Waals surface area contributed by atoms with Crippen LogP contribution in [-0.4, -0.2) is 9.78 Å². The quantitative estimate of drug-likeness (QED) is 0.702. The van der Waals surface area contributed by atoms with Crippen molar-refractivity contribution in [3.8, 4) is 0 Å². The topological polar surface area (TPSA) is 43.8 Å². The summed E-state index contributed by atoms with van der Waals surface area (Å²) < 4.78 is 1.81. The van der Waals surface area contributed by atoms with Crippen LogP contribution in [0.1, 0.15) is 57.1 Å². The maximum absolute atomic E-state index is 6.07. The molecule has 15 heavy (non-hydrogen) atoms. The Morgan fingerprint density at radius 2 is 2.07 bits per heavy atom. The number of nitrogens with zero attached hydrogens (tertiary/aromatic N) is 2. The molecular formula is C12H23N3. The Labute approximate surface area is 92.7 Å². The fourth-order valence-corrected chi connectivity index (χ4v) is 1.77. The van der Waals surface area contributed by atoms with Gasteiger partial charge in [0.25, 0.3) is 0 Å². The van der Waals surface area contributed by atoms with Gasteiger partial charge in [0, 0.05) is 24.8 Å². The van der Waals surface area contributed by atoms with Gasteiger partial charge in [-0.15, -0.1) is 0 Å². The van der Waals surface area contributed by atoms with Gasteiger partial charge in [0.2, 0.25) is 0 Å². The summed E-state index contributed by atoms with van der Waals surface area (Å²) in [6.07, 6.45) is 11.5. The Bertz CT molecular complexity index is 268. The molecule has 1 aromatic heterocycles. The molecule has 0 aliphatic rings. The third-order valence-corrected chi connectivity index (χ3v) is 2.77. The molecule has 0 aliphatic carbocycles. The first-order chi connectivity index (χ1) is 7.24. The number of hydrogen-bond donors (Lipinski definition) is 1. The van der Waals surface area contributed by atoms with Gasteiger partial charge in [-0.2, -0.15) is 5.10 Å². The summed E-state index contributed by atoms with van der Waals surface area (Å²) in [7, 11) is 1.93. The number of aromatic nitrogens is 2. The predicted octanol–water partition coefficient (Wildman–Crippen LogP) is 2.78. The van der Waals surface area contributed by atoms with Crippen molar-refractivity contribution in [2.45, 2.75) is 51.5 Å². The molecule has 0 bridgehead atoms. The molecule has 1 aromatic rings. The minimum absolute atomic E-state index is 0.167. The number of aryl methyl sites for hydroxylation is 1. The molecule has 1 rings (SSSR count). The van der Waals surface area contributed by atoms with Crippen LogP contribution in [0.3, 0.4) is 0 Å². The maximum atomic E-state index is 6.07. The number of hydrogen-bond acceptors (Lipinski definition) is 2. The molecule has 0 amide bonds. The van der Waals surface area contributed by atoms with Crippen LogP contribution in [0.15, 0.2) is 12.4 Å². The highest BCUT2D eigenvalue weighted by Crippen LogP contribution is 2.16. The minimum Gasteiger partial charge on any atom is -0.324 e. The molecule has 0 aliphatic heterocycles. The van der Waals surface area contributed by atoms with Crippen molar-refractivity contribution in [3.63, 3.8) is 0 Å². The lowest BCUT2D eigenvalue weighted by Crippen LogP contribution is -2.09. The minimum atomic E-state index is 0.167. The van der Waals surface area contributed by atoms with Crippen molar-refractivity contribution < 1.29 is 0 Å². The predicted molar refractivity (Wildman–Crippen MR) is 63.5 cm³/mol. The summed E-state index contributed by atoms with van der Waals surface area (Å²) >= 11 is 0. The van der Waals surface area contributed by atoms with E-state index in [4.69, 9.17) is 5.73 Å². The van der Waals surface area contributed by atoms with Crippen molar-refractivity contribution in [1.29, 1.82) is 0 Å². The Morgan fingerprint density at radius 1 is 1.33 bits per heavy atom. The van der Waals surface area contributed by atoms with E-state index in [1.165, 1.54) is 32.1 Å².